The predicted octanol–water partition coefficient (Wildman–Crippen LogP) is 0.482. The smallest absolute Gasteiger partial charge is 0.481 e. The number of carboxylic acids is 1. The summed E-state index contributed by atoms with van der Waals surface area (Å²) >= 11 is 0. The Hall–Kier alpha value is 0.0401. The first-order valence-electron chi connectivity index (χ1n) is 2.21. The van der Waals surface area contributed by atoms with Gasteiger partial charge in [0.25, 0.3) is 5.97 Å². The molecule has 2 N–H and O–H groups in total. The number of aliphatic carboxylic acids is 1. The molecule has 77 valence electrons. The van der Waals surface area contributed by atoms with E-state index >= 15 is 0 Å². The largest absolute Gasteiger partial charge is 0.522 e. The normalized spacial score (nSPS) is 10.5. The van der Waals surface area contributed by atoms with E-state index < -0.39 is 21.6 Å². The summed E-state index contributed by atoms with van der Waals surface area (Å²) in [5.74, 6) is -0.833. The van der Waals surface area contributed by atoms with Crippen molar-refractivity contribution in [3.63, 3.8) is 0 Å². The summed E-state index contributed by atoms with van der Waals surface area (Å²) in [6.07, 6.45) is 0. The molecular formula is C3H5F3O5SSc. The average Bonchev–Trinajstić information content (AvgIpc) is 1.55. The molecule has 0 aromatic carbocycles. The van der Waals surface area contributed by atoms with E-state index in [1.54, 1.807) is 0 Å². The van der Waals surface area contributed by atoms with Crippen molar-refractivity contribution in [2.75, 3.05) is 0 Å². The van der Waals surface area contributed by atoms with Gasteiger partial charge in [-0.05, 0) is 0 Å². The van der Waals surface area contributed by atoms with Crippen molar-refractivity contribution >= 4 is 16.1 Å². The molecule has 0 aliphatic heterocycles. The van der Waals surface area contributed by atoms with Crippen LogP contribution < -0.4 is 0 Å². The first kappa shape index (κ1) is 18.8. The Morgan fingerprint density at radius 2 is 1.38 bits per heavy atom. The van der Waals surface area contributed by atoms with Gasteiger partial charge >= 0.3 is 15.6 Å². The van der Waals surface area contributed by atoms with Crippen molar-refractivity contribution in [2.45, 2.75) is 12.4 Å². The van der Waals surface area contributed by atoms with Crippen LogP contribution in [0.3, 0.4) is 0 Å². The monoisotopic (exact) mass is 255 g/mol. The van der Waals surface area contributed by atoms with Gasteiger partial charge in [-0.2, -0.15) is 21.6 Å². The molecule has 0 aliphatic rings. The molecule has 0 saturated carbocycles. The van der Waals surface area contributed by atoms with E-state index in [1.165, 1.54) is 0 Å². The Morgan fingerprint density at radius 3 is 1.38 bits per heavy atom. The fourth-order valence-electron chi connectivity index (χ4n) is 0. The van der Waals surface area contributed by atoms with Crippen molar-refractivity contribution in [1.82, 2.24) is 0 Å². The van der Waals surface area contributed by atoms with Crippen LogP contribution in [0.5, 0.6) is 0 Å². The van der Waals surface area contributed by atoms with Gasteiger partial charge in [-0.1, -0.05) is 0 Å². The first-order chi connectivity index (χ1) is 4.98. The molecule has 0 aliphatic carbocycles. The third-order valence-electron chi connectivity index (χ3n) is 0.292. The maximum absolute atomic E-state index is 10.7. The molecule has 0 fully saturated rings. The Bertz CT molecular complexity index is 240. The van der Waals surface area contributed by atoms with E-state index in [0.29, 0.717) is 0 Å². The van der Waals surface area contributed by atoms with E-state index in [1.807, 2.05) is 0 Å². The maximum Gasteiger partial charge on any atom is 0.522 e. The zero-order valence-electron chi connectivity index (χ0n) is 6.24. The third-order valence-corrected chi connectivity index (χ3v) is 0.877. The molecule has 5 nitrogen and oxygen atoms in total. The minimum Gasteiger partial charge on any atom is -0.481 e. The Kier molecular flexibility index (Phi) is 9.36. The van der Waals surface area contributed by atoms with Gasteiger partial charge in [-0.25, -0.2) is 0 Å². The minimum atomic E-state index is -5.84. The first-order valence-corrected chi connectivity index (χ1v) is 3.65. The standard InChI is InChI=1S/C2H4O2.CHF3O3S.Sc/c1-2(3)4;2-1(3,4)8(5,6)7;/h1H3,(H,3,4);(H,5,6,7);. The second kappa shape index (κ2) is 6.49. The summed E-state index contributed by atoms with van der Waals surface area (Å²) in [6.45, 7) is 1.08. The summed E-state index contributed by atoms with van der Waals surface area (Å²) in [5.41, 5.74) is -5.53. The molecular weight excluding hydrogens is 250 g/mol. The minimum absolute atomic E-state index is 0. The topological polar surface area (TPSA) is 91.7 Å². The summed E-state index contributed by atoms with van der Waals surface area (Å²) in [4.78, 5) is 9.00. The molecule has 0 bridgehead atoms. The van der Waals surface area contributed by atoms with Gasteiger partial charge < -0.3 is 5.11 Å². The molecule has 0 spiro atoms. The Labute approximate surface area is 90.5 Å². The molecule has 0 atom stereocenters. The molecule has 0 aromatic heterocycles. The molecule has 0 aromatic rings. The van der Waals surface area contributed by atoms with Gasteiger partial charge in [0.1, 0.15) is 0 Å². The zero-order valence-corrected chi connectivity index (χ0v) is 8.86. The molecule has 1 radical (unpaired) electrons. The second-order valence-corrected chi connectivity index (χ2v) is 2.85. The van der Waals surface area contributed by atoms with E-state index in [-0.39, 0.29) is 25.8 Å². The Morgan fingerprint density at radius 1 is 1.31 bits per heavy atom. The van der Waals surface area contributed by atoms with Crippen LogP contribution in [0.2, 0.25) is 0 Å². The van der Waals surface area contributed by atoms with Crippen LogP contribution in [0.15, 0.2) is 0 Å². The van der Waals surface area contributed by atoms with Crippen molar-refractivity contribution in [2.24, 2.45) is 0 Å². The number of halogens is 3. The van der Waals surface area contributed by atoms with Crippen LogP contribution in [0.25, 0.3) is 0 Å². The van der Waals surface area contributed by atoms with Crippen molar-refractivity contribution < 1.29 is 61.9 Å². The maximum atomic E-state index is 10.7. The molecule has 0 heterocycles. The van der Waals surface area contributed by atoms with Crippen molar-refractivity contribution in [3.8, 4) is 0 Å². The summed E-state index contributed by atoms with van der Waals surface area (Å²) in [7, 11) is -5.84. The fraction of sp³-hybridized carbons (Fsp3) is 0.667. The zero-order chi connectivity index (χ0) is 10.6. The predicted molar refractivity (Wildman–Crippen MR) is 30.9 cm³/mol. The number of carbonyl (C=O) groups is 1. The van der Waals surface area contributed by atoms with Gasteiger partial charge in [0.15, 0.2) is 0 Å². The summed E-state index contributed by atoms with van der Waals surface area (Å²) in [5, 5.41) is 7.42. The number of alkyl halides is 3. The van der Waals surface area contributed by atoms with Gasteiger partial charge in [-0.15, -0.1) is 0 Å². The summed E-state index contributed by atoms with van der Waals surface area (Å²) in [6, 6.07) is 0. The molecule has 0 rings (SSSR count). The molecule has 0 amide bonds. The van der Waals surface area contributed by atoms with Crippen LogP contribution in [0.4, 0.5) is 13.2 Å². The summed E-state index contributed by atoms with van der Waals surface area (Å²) < 4.78 is 57.5. The number of carboxylic acid groups (broad SMARTS) is 1. The van der Waals surface area contributed by atoms with Gasteiger partial charge in [0.05, 0.1) is 0 Å². The van der Waals surface area contributed by atoms with Gasteiger partial charge in [0.2, 0.25) is 0 Å². The molecule has 13 heavy (non-hydrogen) atoms. The van der Waals surface area contributed by atoms with E-state index in [9.17, 15) is 13.2 Å². The Balaban J connectivity index is -0.000000173. The second-order valence-electron chi connectivity index (χ2n) is 1.44. The number of rotatable bonds is 0. The van der Waals surface area contributed by atoms with Crippen molar-refractivity contribution in [3.05, 3.63) is 0 Å². The van der Waals surface area contributed by atoms with Crippen LogP contribution in [0, 0.1) is 0 Å². The molecule has 0 saturated heterocycles. The quantitative estimate of drug-likeness (QED) is 0.485. The van der Waals surface area contributed by atoms with E-state index in [4.69, 9.17) is 22.9 Å². The van der Waals surface area contributed by atoms with Crippen LogP contribution in [-0.4, -0.2) is 29.6 Å². The van der Waals surface area contributed by atoms with E-state index in [0.717, 1.165) is 6.92 Å². The van der Waals surface area contributed by atoms with Crippen LogP contribution in [-0.2, 0) is 40.8 Å². The molecule has 0 unspecified atom stereocenters. The fourth-order valence-corrected chi connectivity index (χ4v) is 0. The SMILES string of the molecule is CC(=O)O.O=S(=O)(O)C(F)(F)F.[Sc]. The average molecular weight is 255 g/mol. The van der Waals surface area contributed by atoms with Crippen molar-refractivity contribution in [1.29, 1.82) is 0 Å². The number of hydrogen-bond acceptors (Lipinski definition) is 3. The molecule has 10 heteroatoms. The van der Waals surface area contributed by atoms with Gasteiger partial charge in [0, 0.05) is 32.8 Å². The third kappa shape index (κ3) is 14.9. The number of hydrogen-bond donors (Lipinski definition) is 2. The van der Waals surface area contributed by atoms with Gasteiger partial charge in [-0.3, -0.25) is 9.35 Å². The van der Waals surface area contributed by atoms with Crippen LogP contribution in [0.1, 0.15) is 6.92 Å². The van der Waals surface area contributed by atoms with E-state index in [2.05, 4.69) is 0 Å². The van der Waals surface area contributed by atoms with Crippen LogP contribution >= 0.6 is 0 Å².